The number of nitrogens with zero attached hydrogens (tertiary/aromatic N) is 2. The van der Waals surface area contributed by atoms with Crippen molar-refractivity contribution in [2.45, 2.75) is 12.8 Å². The largest absolute Gasteiger partial charge is 0.396 e. The minimum Gasteiger partial charge on any atom is -0.396 e. The van der Waals surface area contributed by atoms with Crippen molar-refractivity contribution in [3.8, 4) is 0 Å². The molecular formula is C18H23N3O2. The van der Waals surface area contributed by atoms with Crippen molar-refractivity contribution in [2.24, 2.45) is 5.92 Å². The summed E-state index contributed by atoms with van der Waals surface area (Å²) in [6, 6.07) is 9.40. The van der Waals surface area contributed by atoms with E-state index in [1.54, 1.807) is 6.20 Å². The van der Waals surface area contributed by atoms with E-state index in [1.807, 2.05) is 30.3 Å². The zero-order valence-electron chi connectivity index (χ0n) is 13.2. The van der Waals surface area contributed by atoms with Crippen molar-refractivity contribution in [2.75, 3.05) is 32.8 Å². The zero-order valence-corrected chi connectivity index (χ0v) is 13.2. The van der Waals surface area contributed by atoms with Gasteiger partial charge in [-0.2, -0.15) is 0 Å². The Morgan fingerprint density at radius 1 is 1.39 bits per heavy atom. The lowest BCUT2D eigenvalue weighted by atomic mass is 9.99. The van der Waals surface area contributed by atoms with Gasteiger partial charge in [-0.1, -0.05) is 6.07 Å². The molecule has 2 aromatic rings. The first kappa shape index (κ1) is 15.9. The predicted molar refractivity (Wildman–Crippen MR) is 90.3 cm³/mol. The predicted octanol–water partition coefficient (Wildman–Crippen LogP) is 1.67. The molecule has 0 radical (unpaired) electrons. The second kappa shape index (κ2) is 7.53. The average molecular weight is 313 g/mol. The second-order valence-corrected chi connectivity index (χ2v) is 6.16. The van der Waals surface area contributed by atoms with Crippen LogP contribution >= 0.6 is 0 Å². The summed E-state index contributed by atoms with van der Waals surface area (Å²) >= 11 is 0. The van der Waals surface area contributed by atoms with Crippen molar-refractivity contribution in [3.63, 3.8) is 0 Å². The molecule has 1 saturated heterocycles. The molecular weight excluding hydrogens is 290 g/mol. The van der Waals surface area contributed by atoms with Crippen LogP contribution in [0.1, 0.15) is 23.2 Å². The van der Waals surface area contributed by atoms with Gasteiger partial charge in [0.15, 0.2) is 0 Å². The van der Waals surface area contributed by atoms with E-state index in [1.165, 1.54) is 0 Å². The first-order valence-electron chi connectivity index (χ1n) is 8.22. The van der Waals surface area contributed by atoms with Crippen LogP contribution in [0.4, 0.5) is 0 Å². The summed E-state index contributed by atoms with van der Waals surface area (Å²) in [5.41, 5.74) is 1.56. The van der Waals surface area contributed by atoms with Crippen LogP contribution in [0.25, 0.3) is 10.9 Å². The Hall–Kier alpha value is -1.98. The van der Waals surface area contributed by atoms with Gasteiger partial charge in [0, 0.05) is 43.4 Å². The van der Waals surface area contributed by atoms with Crippen LogP contribution < -0.4 is 5.32 Å². The van der Waals surface area contributed by atoms with E-state index in [9.17, 15) is 9.90 Å². The van der Waals surface area contributed by atoms with Gasteiger partial charge in [0.1, 0.15) is 0 Å². The molecule has 0 bridgehead atoms. The maximum absolute atomic E-state index is 12.3. The molecule has 122 valence electrons. The lowest BCUT2D eigenvalue weighted by molar-refractivity contribution is 0.0931. The summed E-state index contributed by atoms with van der Waals surface area (Å²) < 4.78 is 0. The highest BCUT2D eigenvalue weighted by molar-refractivity contribution is 5.97. The molecule has 0 aliphatic carbocycles. The monoisotopic (exact) mass is 313 g/mol. The molecule has 1 fully saturated rings. The lowest BCUT2D eigenvalue weighted by Gasteiger charge is -2.31. The van der Waals surface area contributed by atoms with Crippen LogP contribution in [0.15, 0.2) is 36.5 Å². The zero-order chi connectivity index (χ0) is 16.1. The molecule has 3 rings (SSSR count). The Morgan fingerprint density at radius 2 is 2.30 bits per heavy atom. The number of aliphatic hydroxyl groups is 1. The number of pyridine rings is 1. The Bertz CT molecular complexity index is 674. The SMILES string of the molecule is O=C(NCCN1CCC[C@@H](CO)C1)c1ccc2ncccc2c1. The number of rotatable bonds is 5. The maximum atomic E-state index is 12.3. The Labute approximate surface area is 136 Å². The van der Waals surface area contributed by atoms with E-state index in [4.69, 9.17) is 0 Å². The van der Waals surface area contributed by atoms with E-state index in [0.717, 1.165) is 43.4 Å². The maximum Gasteiger partial charge on any atom is 0.251 e. The molecule has 2 N–H and O–H groups in total. The molecule has 0 saturated carbocycles. The molecule has 0 spiro atoms. The summed E-state index contributed by atoms with van der Waals surface area (Å²) in [6.45, 7) is 3.69. The molecule has 1 atom stereocenters. The quantitative estimate of drug-likeness (QED) is 0.881. The number of hydrogen-bond donors (Lipinski definition) is 2. The van der Waals surface area contributed by atoms with Crippen LogP contribution in [0.2, 0.25) is 0 Å². The highest BCUT2D eigenvalue weighted by atomic mass is 16.3. The topological polar surface area (TPSA) is 65.5 Å². The molecule has 1 amide bonds. The number of aromatic nitrogens is 1. The van der Waals surface area contributed by atoms with Gasteiger partial charge in [-0.25, -0.2) is 0 Å². The minimum atomic E-state index is -0.0496. The normalized spacial score (nSPS) is 18.9. The Balaban J connectivity index is 1.52. The van der Waals surface area contributed by atoms with E-state index in [2.05, 4.69) is 15.2 Å². The molecule has 2 heterocycles. The third kappa shape index (κ3) is 4.06. The van der Waals surface area contributed by atoms with Crippen LogP contribution in [-0.4, -0.2) is 53.7 Å². The first-order chi connectivity index (χ1) is 11.3. The lowest BCUT2D eigenvalue weighted by Crippen LogP contribution is -2.41. The van der Waals surface area contributed by atoms with E-state index in [0.29, 0.717) is 18.0 Å². The molecule has 1 aromatic carbocycles. The van der Waals surface area contributed by atoms with Gasteiger partial charge in [0.25, 0.3) is 5.91 Å². The fourth-order valence-corrected chi connectivity index (χ4v) is 3.15. The van der Waals surface area contributed by atoms with Crippen molar-refractivity contribution >= 4 is 16.8 Å². The van der Waals surface area contributed by atoms with Crippen LogP contribution in [0, 0.1) is 5.92 Å². The minimum absolute atomic E-state index is 0.0496. The van der Waals surface area contributed by atoms with Crippen LogP contribution in [0.5, 0.6) is 0 Å². The number of benzene rings is 1. The third-order valence-electron chi connectivity index (χ3n) is 4.44. The number of piperidine rings is 1. The van der Waals surface area contributed by atoms with Crippen molar-refractivity contribution in [3.05, 3.63) is 42.1 Å². The molecule has 5 heteroatoms. The van der Waals surface area contributed by atoms with E-state index >= 15 is 0 Å². The molecule has 5 nitrogen and oxygen atoms in total. The highest BCUT2D eigenvalue weighted by Gasteiger charge is 2.18. The number of carbonyl (C=O) groups excluding carboxylic acids is 1. The summed E-state index contributed by atoms with van der Waals surface area (Å²) in [5.74, 6) is 0.332. The summed E-state index contributed by atoms with van der Waals surface area (Å²) in [6.07, 6.45) is 3.97. The van der Waals surface area contributed by atoms with Gasteiger partial charge < -0.3 is 15.3 Å². The van der Waals surface area contributed by atoms with Gasteiger partial charge >= 0.3 is 0 Å². The van der Waals surface area contributed by atoms with E-state index in [-0.39, 0.29) is 12.5 Å². The summed E-state index contributed by atoms with van der Waals surface area (Å²) in [7, 11) is 0. The molecule has 0 unspecified atom stereocenters. The number of hydrogen-bond acceptors (Lipinski definition) is 4. The van der Waals surface area contributed by atoms with Crippen molar-refractivity contribution in [1.82, 2.24) is 15.2 Å². The summed E-state index contributed by atoms with van der Waals surface area (Å²) in [5, 5.41) is 13.2. The van der Waals surface area contributed by atoms with Gasteiger partial charge in [-0.3, -0.25) is 9.78 Å². The third-order valence-corrected chi connectivity index (χ3v) is 4.44. The highest BCUT2D eigenvalue weighted by Crippen LogP contribution is 2.15. The number of amides is 1. The first-order valence-corrected chi connectivity index (χ1v) is 8.22. The fourth-order valence-electron chi connectivity index (χ4n) is 3.15. The summed E-state index contributed by atoms with van der Waals surface area (Å²) in [4.78, 5) is 18.8. The Kier molecular flexibility index (Phi) is 5.20. The van der Waals surface area contributed by atoms with Gasteiger partial charge in [-0.05, 0) is 49.6 Å². The average Bonchev–Trinajstić information content (AvgIpc) is 2.61. The number of nitrogens with one attached hydrogen (secondary N) is 1. The van der Waals surface area contributed by atoms with Gasteiger partial charge in [0.2, 0.25) is 0 Å². The molecule has 1 aromatic heterocycles. The molecule has 23 heavy (non-hydrogen) atoms. The van der Waals surface area contributed by atoms with Crippen LogP contribution in [-0.2, 0) is 0 Å². The van der Waals surface area contributed by atoms with Crippen molar-refractivity contribution < 1.29 is 9.90 Å². The standard InChI is InChI=1S/C18H23N3O2/c22-13-14-3-2-9-21(12-14)10-8-20-18(23)16-5-6-17-15(11-16)4-1-7-19-17/h1,4-7,11,14,22H,2-3,8-10,12-13H2,(H,20,23)/t14-/m1/s1. The number of carbonyl (C=O) groups is 1. The molecule has 1 aliphatic heterocycles. The van der Waals surface area contributed by atoms with E-state index < -0.39 is 0 Å². The smallest absolute Gasteiger partial charge is 0.251 e. The number of likely N-dealkylation sites (tertiary alicyclic amines) is 1. The van der Waals surface area contributed by atoms with Crippen molar-refractivity contribution in [1.29, 1.82) is 0 Å². The number of fused-ring (bicyclic) bond motifs is 1. The second-order valence-electron chi connectivity index (χ2n) is 6.16. The number of aliphatic hydroxyl groups excluding tert-OH is 1. The van der Waals surface area contributed by atoms with Crippen LogP contribution in [0.3, 0.4) is 0 Å². The Morgan fingerprint density at radius 3 is 3.17 bits per heavy atom. The fraction of sp³-hybridized carbons (Fsp3) is 0.444. The molecule has 1 aliphatic rings. The van der Waals surface area contributed by atoms with Gasteiger partial charge in [0.05, 0.1) is 5.52 Å². The van der Waals surface area contributed by atoms with Gasteiger partial charge in [-0.15, -0.1) is 0 Å².